The summed E-state index contributed by atoms with van der Waals surface area (Å²) in [5.74, 6) is 0.819. The zero-order valence-corrected chi connectivity index (χ0v) is 11.9. The van der Waals surface area contributed by atoms with Gasteiger partial charge in [-0.25, -0.2) is 19.9 Å². The Morgan fingerprint density at radius 3 is 2.89 bits per heavy atom. The van der Waals surface area contributed by atoms with Gasteiger partial charge in [0, 0.05) is 19.2 Å². The zero-order chi connectivity index (χ0) is 13.8. The van der Waals surface area contributed by atoms with Crippen LogP contribution < -0.4 is 11.0 Å². The monoisotopic (exact) mass is 280 g/mol. The third-order valence-electron chi connectivity index (χ3n) is 2.61. The molecule has 0 saturated heterocycles. The van der Waals surface area contributed by atoms with Crippen molar-refractivity contribution >= 4 is 17.6 Å². The number of aromatic nitrogens is 5. The van der Waals surface area contributed by atoms with E-state index in [0.717, 1.165) is 29.4 Å². The van der Waals surface area contributed by atoms with E-state index in [0.29, 0.717) is 5.16 Å². The molecule has 2 N–H and O–H groups in total. The topological polar surface area (TPSA) is 88.5 Å². The van der Waals surface area contributed by atoms with Crippen LogP contribution in [0.2, 0.25) is 0 Å². The summed E-state index contributed by atoms with van der Waals surface area (Å²) in [6.07, 6.45) is 2.54. The first-order valence-corrected chi connectivity index (χ1v) is 6.79. The summed E-state index contributed by atoms with van der Waals surface area (Å²) in [6.45, 7) is 4.91. The van der Waals surface area contributed by atoms with E-state index in [2.05, 4.69) is 32.4 Å². The molecule has 0 spiro atoms. The Labute approximate surface area is 114 Å². The quantitative estimate of drug-likeness (QED) is 0.800. The minimum atomic E-state index is -0.237. The average Bonchev–Trinajstić information content (AvgIpc) is 2.72. The van der Waals surface area contributed by atoms with Gasteiger partial charge in [0.15, 0.2) is 5.16 Å². The Balaban J connectivity index is 2.25. The van der Waals surface area contributed by atoms with Crippen molar-refractivity contribution in [3.8, 4) is 0 Å². The lowest BCUT2D eigenvalue weighted by Crippen LogP contribution is -2.13. The fraction of sp³-hybridized carbons (Fsp3) is 0.455. The Morgan fingerprint density at radius 1 is 1.47 bits per heavy atom. The molecule has 2 aromatic heterocycles. The summed E-state index contributed by atoms with van der Waals surface area (Å²) in [5.41, 5.74) is 0.718. The van der Waals surface area contributed by atoms with Gasteiger partial charge in [-0.1, -0.05) is 6.92 Å². The van der Waals surface area contributed by atoms with E-state index >= 15 is 0 Å². The number of nitrogens with one attached hydrogen (secondary N) is 2. The van der Waals surface area contributed by atoms with E-state index in [1.807, 2.05) is 6.92 Å². The van der Waals surface area contributed by atoms with Crippen LogP contribution in [0.25, 0.3) is 0 Å². The lowest BCUT2D eigenvalue weighted by molar-refractivity contribution is 0.764. The fourth-order valence-electron chi connectivity index (χ4n) is 1.47. The summed E-state index contributed by atoms with van der Waals surface area (Å²) in [4.78, 5) is 19.8. The van der Waals surface area contributed by atoms with E-state index in [1.165, 1.54) is 22.7 Å². The number of hydrogen-bond donors (Lipinski definition) is 2. The number of aromatic amines is 1. The third-order valence-corrected chi connectivity index (χ3v) is 3.76. The Kier molecular flexibility index (Phi) is 4.20. The first-order chi connectivity index (χ1) is 9.13. The molecule has 0 atom stereocenters. The molecule has 0 fully saturated rings. The Bertz CT molecular complexity index is 620. The molecule has 0 unspecified atom stereocenters. The van der Waals surface area contributed by atoms with Gasteiger partial charge in [-0.2, -0.15) is 0 Å². The van der Waals surface area contributed by atoms with Crippen LogP contribution in [0.1, 0.15) is 18.9 Å². The highest BCUT2D eigenvalue weighted by molar-refractivity contribution is 7.99. The zero-order valence-electron chi connectivity index (χ0n) is 11.1. The molecule has 0 bridgehead atoms. The molecule has 0 aliphatic heterocycles. The highest BCUT2D eigenvalue weighted by atomic mass is 32.2. The molecule has 19 heavy (non-hydrogen) atoms. The second-order valence-electron chi connectivity index (χ2n) is 4.05. The number of rotatable bonds is 5. The van der Waals surface area contributed by atoms with Crippen LogP contribution in [0, 0.1) is 6.92 Å². The lowest BCUT2D eigenvalue weighted by atomic mass is 10.3. The Morgan fingerprint density at radius 2 is 2.26 bits per heavy atom. The van der Waals surface area contributed by atoms with E-state index in [4.69, 9.17) is 0 Å². The van der Waals surface area contributed by atoms with Gasteiger partial charge in [0.2, 0.25) is 0 Å². The minimum absolute atomic E-state index is 0.237. The first kappa shape index (κ1) is 13.6. The van der Waals surface area contributed by atoms with Crippen LogP contribution in [-0.2, 0) is 7.05 Å². The van der Waals surface area contributed by atoms with Gasteiger partial charge in [0.05, 0.1) is 0 Å². The number of anilines is 1. The summed E-state index contributed by atoms with van der Waals surface area (Å²) < 4.78 is 1.45. The van der Waals surface area contributed by atoms with Crippen molar-refractivity contribution in [1.82, 2.24) is 24.7 Å². The number of H-pyrrole nitrogens is 1. The van der Waals surface area contributed by atoms with E-state index in [9.17, 15) is 4.79 Å². The van der Waals surface area contributed by atoms with Crippen molar-refractivity contribution in [1.29, 1.82) is 0 Å². The molecule has 0 saturated carbocycles. The summed E-state index contributed by atoms with van der Waals surface area (Å²) in [5, 5.41) is 11.0. The molecule has 8 heteroatoms. The van der Waals surface area contributed by atoms with Gasteiger partial charge < -0.3 is 5.32 Å². The highest BCUT2D eigenvalue weighted by Crippen LogP contribution is 2.28. The first-order valence-electron chi connectivity index (χ1n) is 5.98. The molecule has 2 heterocycles. The fourth-order valence-corrected chi connectivity index (χ4v) is 2.30. The lowest BCUT2D eigenvalue weighted by Gasteiger charge is -2.09. The number of nitrogens with zero attached hydrogens (tertiary/aromatic N) is 4. The Hall–Kier alpha value is -1.83. The molecular formula is C11H16N6OS. The van der Waals surface area contributed by atoms with Gasteiger partial charge in [-0.05, 0) is 25.1 Å². The van der Waals surface area contributed by atoms with E-state index < -0.39 is 0 Å². The smallest absolute Gasteiger partial charge is 0.343 e. The standard InChI is InChI=1S/C11H16N6OS/c1-4-5-12-8-7(2)9(14-6-13-8)19-11-16-15-10(18)17(11)3/h6H,4-5H2,1-3H3,(H,15,18)(H,12,13,14). The largest absolute Gasteiger partial charge is 0.370 e. The maximum atomic E-state index is 11.3. The van der Waals surface area contributed by atoms with Crippen LogP contribution in [0.4, 0.5) is 5.82 Å². The van der Waals surface area contributed by atoms with Gasteiger partial charge in [0.25, 0.3) is 0 Å². The van der Waals surface area contributed by atoms with Gasteiger partial charge in [-0.15, -0.1) is 5.10 Å². The molecule has 0 aliphatic carbocycles. The molecule has 0 aliphatic rings. The second kappa shape index (κ2) is 5.87. The molecule has 2 aromatic rings. The molecule has 2 rings (SSSR count). The van der Waals surface area contributed by atoms with Crippen molar-refractivity contribution in [2.24, 2.45) is 7.05 Å². The molecule has 102 valence electrons. The molecule has 7 nitrogen and oxygen atoms in total. The molecular weight excluding hydrogens is 264 g/mol. The number of hydrogen-bond acceptors (Lipinski definition) is 6. The predicted molar refractivity (Wildman–Crippen MR) is 73.5 cm³/mol. The second-order valence-corrected chi connectivity index (χ2v) is 5.01. The van der Waals surface area contributed by atoms with Crippen molar-refractivity contribution < 1.29 is 0 Å². The third kappa shape index (κ3) is 2.95. The normalized spacial score (nSPS) is 10.7. The summed E-state index contributed by atoms with van der Waals surface area (Å²) >= 11 is 1.34. The van der Waals surface area contributed by atoms with Gasteiger partial charge in [0.1, 0.15) is 17.2 Å². The summed E-state index contributed by atoms with van der Waals surface area (Å²) in [7, 11) is 1.67. The van der Waals surface area contributed by atoms with E-state index in [1.54, 1.807) is 7.05 Å². The highest BCUT2D eigenvalue weighted by Gasteiger charge is 2.12. The SMILES string of the molecule is CCCNc1ncnc(Sc2n[nH]c(=O)n2C)c1C. The predicted octanol–water partition coefficient (Wildman–Crippen LogP) is 1.18. The van der Waals surface area contributed by atoms with Gasteiger partial charge in [-0.3, -0.25) is 4.57 Å². The molecule has 0 aromatic carbocycles. The van der Waals surface area contributed by atoms with Crippen LogP contribution in [-0.4, -0.2) is 31.3 Å². The van der Waals surface area contributed by atoms with Crippen molar-refractivity contribution in [2.75, 3.05) is 11.9 Å². The average molecular weight is 280 g/mol. The van der Waals surface area contributed by atoms with Crippen molar-refractivity contribution in [2.45, 2.75) is 30.5 Å². The maximum absolute atomic E-state index is 11.3. The van der Waals surface area contributed by atoms with Crippen LogP contribution in [0.3, 0.4) is 0 Å². The summed E-state index contributed by atoms with van der Waals surface area (Å²) in [6, 6.07) is 0. The van der Waals surface area contributed by atoms with E-state index in [-0.39, 0.29) is 5.69 Å². The maximum Gasteiger partial charge on any atom is 0.343 e. The van der Waals surface area contributed by atoms with Crippen LogP contribution >= 0.6 is 11.8 Å². The molecule has 0 amide bonds. The van der Waals surface area contributed by atoms with Crippen LogP contribution in [0.5, 0.6) is 0 Å². The van der Waals surface area contributed by atoms with Crippen molar-refractivity contribution in [3.63, 3.8) is 0 Å². The van der Waals surface area contributed by atoms with Crippen LogP contribution in [0.15, 0.2) is 21.3 Å². The molecule has 0 radical (unpaired) electrons. The minimum Gasteiger partial charge on any atom is -0.370 e. The van der Waals surface area contributed by atoms with Gasteiger partial charge >= 0.3 is 5.69 Å². The van der Waals surface area contributed by atoms with Crippen molar-refractivity contribution in [3.05, 3.63) is 22.4 Å².